The predicted molar refractivity (Wildman–Crippen MR) is 56.8 cm³/mol. The van der Waals surface area contributed by atoms with Crippen LogP contribution in [0, 0.1) is 0 Å². The largest absolute Gasteiger partial charge is 0.424 e. The molecule has 0 saturated heterocycles. The Morgan fingerprint density at radius 1 is 1.29 bits per heavy atom. The summed E-state index contributed by atoms with van der Waals surface area (Å²) in [5.41, 5.74) is 0. The Bertz CT molecular complexity index is 318. The van der Waals surface area contributed by atoms with E-state index in [-0.39, 0.29) is 6.61 Å². The Hall–Kier alpha value is -1.08. The summed E-state index contributed by atoms with van der Waals surface area (Å²) in [4.78, 5) is 0. The molecule has 0 amide bonds. The molecule has 0 atom stereocenters. The number of hydrogen-bond acceptors (Lipinski definition) is 5. The van der Waals surface area contributed by atoms with Gasteiger partial charge in [0.1, 0.15) is 6.61 Å². The van der Waals surface area contributed by atoms with Gasteiger partial charge in [-0.25, -0.2) is 8.78 Å². The van der Waals surface area contributed by atoms with Gasteiger partial charge in [0, 0.05) is 12.5 Å². The van der Waals surface area contributed by atoms with Crippen LogP contribution in [0.15, 0.2) is 4.42 Å². The first kappa shape index (κ1) is 14.0. The Morgan fingerprint density at radius 2 is 2.00 bits per heavy atom. The van der Waals surface area contributed by atoms with Crippen molar-refractivity contribution in [2.24, 2.45) is 0 Å². The van der Waals surface area contributed by atoms with E-state index in [4.69, 9.17) is 9.15 Å². The smallest absolute Gasteiger partial charge is 0.261 e. The average molecular weight is 249 g/mol. The summed E-state index contributed by atoms with van der Waals surface area (Å²) in [6, 6.07) is 0.333. The molecular weight excluding hydrogens is 232 g/mol. The van der Waals surface area contributed by atoms with Gasteiger partial charge in [0.2, 0.25) is 11.8 Å². The second-order valence-electron chi connectivity index (χ2n) is 3.84. The molecule has 0 bridgehead atoms. The van der Waals surface area contributed by atoms with Crippen LogP contribution in [0.3, 0.4) is 0 Å². The molecule has 0 radical (unpaired) electrons. The van der Waals surface area contributed by atoms with Crippen LogP contribution in [-0.2, 0) is 17.7 Å². The van der Waals surface area contributed by atoms with Crippen molar-refractivity contribution in [2.45, 2.75) is 39.3 Å². The molecule has 1 rings (SSSR count). The molecule has 5 nitrogen and oxygen atoms in total. The fourth-order valence-corrected chi connectivity index (χ4v) is 1.08. The molecule has 0 spiro atoms. The van der Waals surface area contributed by atoms with E-state index < -0.39 is 13.0 Å². The number of nitrogens with one attached hydrogen (secondary N) is 1. The van der Waals surface area contributed by atoms with Crippen LogP contribution < -0.4 is 5.32 Å². The van der Waals surface area contributed by atoms with Crippen LogP contribution in [0.25, 0.3) is 0 Å². The van der Waals surface area contributed by atoms with Gasteiger partial charge >= 0.3 is 0 Å². The Labute approximate surface area is 98.5 Å². The van der Waals surface area contributed by atoms with Gasteiger partial charge in [-0.3, -0.25) is 0 Å². The molecule has 0 saturated carbocycles. The van der Waals surface area contributed by atoms with E-state index >= 15 is 0 Å². The minimum atomic E-state index is -2.44. The molecule has 1 heterocycles. The fraction of sp³-hybridized carbons (Fsp3) is 0.800. The lowest BCUT2D eigenvalue weighted by atomic mass is 10.4. The number of alkyl halides is 2. The standard InChI is InChI=1S/C10H17F2N3O2/c1-7(2)13-5-10-15-14-9(17-10)3-4-16-6-8(11)12/h7-8,13H,3-6H2,1-2H3. The number of halogens is 2. The molecule has 0 aliphatic heterocycles. The molecule has 17 heavy (non-hydrogen) atoms. The quantitative estimate of drug-likeness (QED) is 0.705. The molecule has 0 unspecified atom stereocenters. The lowest BCUT2D eigenvalue weighted by Gasteiger charge is -2.03. The normalized spacial score (nSPS) is 11.6. The zero-order chi connectivity index (χ0) is 12.7. The third-order valence-electron chi connectivity index (χ3n) is 1.87. The van der Waals surface area contributed by atoms with Crippen molar-refractivity contribution in [3.8, 4) is 0 Å². The Balaban J connectivity index is 2.21. The first-order valence-corrected chi connectivity index (χ1v) is 5.48. The molecule has 0 aliphatic carbocycles. The van der Waals surface area contributed by atoms with Crippen LogP contribution >= 0.6 is 0 Å². The van der Waals surface area contributed by atoms with E-state index in [0.717, 1.165) is 0 Å². The molecule has 1 aromatic rings. The number of ether oxygens (including phenoxy) is 1. The lowest BCUT2D eigenvalue weighted by Crippen LogP contribution is -2.21. The van der Waals surface area contributed by atoms with Crippen LogP contribution in [-0.4, -0.2) is 35.9 Å². The molecule has 98 valence electrons. The zero-order valence-corrected chi connectivity index (χ0v) is 9.95. The third kappa shape index (κ3) is 6.28. The highest BCUT2D eigenvalue weighted by Crippen LogP contribution is 2.02. The third-order valence-corrected chi connectivity index (χ3v) is 1.87. The summed E-state index contributed by atoms with van der Waals surface area (Å²) < 4.78 is 33.5. The lowest BCUT2D eigenvalue weighted by molar-refractivity contribution is 0.0173. The molecule has 7 heteroatoms. The van der Waals surface area contributed by atoms with Gasteiger partial charge in [-0.05, 0) is 0 Å². The van der Waals surface area contributed by atoms with Gasteiger partial charge < -0.3 is 14.5 Å². The summed E-state index contributed by atoms with van der Waals surface area (Å²) >= 11 is 0. The number of rotatable bonds is 8. The maximum Gasteiger partial charge on any atom is 0.261 e. The number of aromatic nitrogens is 2. The van der Waals surface area contributed by atoms with E-state index in [1.54, 1.807) is 0 Å². The highest BCUT2D eigenvalue weighted by atomic mass is 19.3. The van der Waals surface area contributed by atoms with Gasteiger partial charge in [-0.15, -0.1) is 10.2 Å². The SMILES string of the molecule is CC(C)NCc1nnc(CCOCC(F)F)o1. The van der Waals surface area contributed by atoms with Crippen molar-refractivity contribution >= 4 is 0 Å². The first-order chi connectivity index (χ1) is 8.08. The molecule has 1 N–H and O–H groups in total. The number of hydrogen-bond donors (Lipinski definition) is 1. The second-order valence-corrected chi connectivity index (χ2v) is 3.84. The van der Waals surface area contributed by atoms with Crippen molar-refractivity contribution in [1.29, 1.82) is 0 Å². The van der Waals surface area contributed by atoms with E-state index in [9.17, 15) is 8.78 Å². The van der Waals surface area contributed by atoms with Crippen molar-refractivity contribution in [2.75, 3.05) is 13.2 Å². The van der Waals surface area contributed by atoms with Crippen LogP contribution in [0.5, 0.6) is 0 Å². The maximum atomic E-state index is 11.8. The fourth-order valence-electron chi connectivity index (χ4n) is 1.08. The topological polar surface area (TPSA) is 60.2 Å². The van der Waals surface area contributed by atoms with Crippen molar-refractivity contribution < 1.29 is 17.9 Å². The molecule has 0 fully saturated rings. The van der Waals surface area contributed by atoms with Crippen molar-refractivity contribution in [3.63, 3.8) is 0 Å². The Kier molecular flexibility index (Phi) is 5.99. The molecule has 1 aromatic heterocycles. The van der Waals surface area contributed by atoms with Gasteiger partial charge in [0.05, 0.1) is 13.2 Å². The summed E-state index contributed by atoms with van der Waals surface area (Å²) in [5, 5.41) is 10.7. The van der Waals surface area contributed by atoms with Gasteiger partial charge in [-0.1, -0.05) is 13.8 Å². The number of nitrogens with zero attached hydrogens (tertiary/aromatic N) is 2. The van der Waals surface area contributed by atoms with E-state index in [1.165, 1.54) is 0 Å². The zero-order valence-electron chi connectivity index (χ0n) is 9.95. The van der Waals surface area contributed by atoms with E-state index in [1.807, 2.05) is 13.8 Å². The predicted octanol–water partition coefficient (Wildman–Crippen LogP) is 1.39. The molecule has 0 aliphatic rings. The summed E-state index contributed by atoms with van der Waals surface area (Å²) in [6.07, 6.45) is -2.09. The maximum absolute atomic E-state index is 11.8. The van der Waals surface area contributed by atoms with Crippen LogP contribution in [0.2, 0.25) is 0 Å². The monoisotopic (exact) mass is 249 g/mol. The minimum Gasteiger partial charge on any atom is -0.424 e. The summed E-state index contributed by atoms with van der Waals surface area (Å²) in [7, 11) is 0. The van der Waals surface area contributed by atoms with Crippen molar-refractivity contribution in [1.82, 2.24) is 15.5 Å². The second kappa shape index (κ2) is 7.29. The highest BCUT2D eigenvalue weighted by Gasteiger charge is 2.07. The van der Waals surface area contributed by atoms with Gasteiger partial charge in [0.25, 0.3) is 6.43 Å². The van der Waals surface area contributed by atoms with Gasteiger partial charge in [0.15, 0.2) is 0 Å². The van der Waals surface area contributed by atoms with Gasteiger partial charge in [-0.2, -0.15) is 0 Å². The Morgan fingerprint density at radius 3 is 2.65 bits per heavy atom. The molecular formula is C10H17F2N3O2. The van der Waals surface area contributed by atoms with E-state index in [0.29, 0.717) is 30.8 Å². The van der Waals surface area contributed by atoms with Crippen LogP contribution in [0.4, 0.5) is 8.78 Å². The summed E-state index contributed by atoms with van der Waals surface area (Å²) in [6.45, 7) is 4.12. The average Bonchev–Trinajstić information content (AvgIpc) is 2.69. The van der Waals surface area contributed by atoms with Crippen molar-refractivity contribution in [3.05, 3.63) is 11.8 Å². The highest BCUT2D eigenvalue weighted by molar-refractivity contribution is 4.82. The van der Waals surface area contributed by atoms with E-state index in [2.05, 4.69) is 15.5 Å². The minimum absolute atomic E-state index is 0.156. The molecule has 0 aromatic carbocycles. The first-order valence-electron chi connectivity index (χ1n) is 5.48. The van der Waals surface area contributed by atoms with Crippen LogP contribution in [0.1, 0.15) is 25.6 Å². The summed E-state index contributed by atoms with van der Waals surface area (Å²) in [5.74, 6) is 0.891.